The molecule has 0 aromatic heterocycles. The molecule has 0 heterocycles. The zero-order valence-electron chi connectivity index (χ0n) is 18.6. The van der Waals surface area contributed by atoms with E-state index in [2.05, 4.69) is 41.8 Å². The van der Waals surface area contributed by atoms with Gasteiger partial charge in [-0.2, -0.15) is 0 Å². The molecule has 0 saturated heterocycles. The number of hydrogen-bond donors (Lipinski definition) is 1. The minimum Gasteiger partial charge on any atom is -0.324 e. The average molecular weight is 562 g/mol. The summed E-state index contributed by atoms with van der Waals surface area (Å²) in [6.07, 6.45) is 0. The van der Waals surface area contributed by atoms with Crippen molar-refractivity contribution in [3.63, 3.8) is 0 Å². The fraction of sp³-hybridized carbons (Fsp3) is 0.240. The molecule has 7 heteroatoms. The van der Waals surface area contributed by atoms with Crippen LogP contribution >= 0.6 is 22.6 Å². The highest BCUT2D eigenvalue weighted by molar-refractivity contribution is 14.1. The van der Waals surface area contributed by atoms with E-state index in [0.29, 0.717) is 17.3 Å². The highest BCUT2D eigenvalue weighted by atomic mass is 127. The zero-order chi connectivity index (χ0) is 23.5. The van der Waals surface area contributed by atoms with Crippen LogP contribution in [0.2, 0.25) is 0 Å². The number of nitrogens with one attached hydrogen (secondary N) is 1. The first-order valence-electron chi connectivity index (χ1n) is 10.3. The van der Waals surface area contributed by atoms with Gasteiger partial charge in [0.25, 0.3) is 10.0 Å². The first-order chi connectivity index (χ1) is 15.1. The Balaban J connectivity index is 1.96. The minimum atomic E-state index is -3.94. The Labute approximate surface area is 204 Å². The molecule has 0 aliphatic carbocycles. The Hall–Kier alpha value is -2.39. The molecule has 0 bridgehead atoms. The minimum absolute atomic E-state index is 0.147. The van der Waals surface area contributed by atoms with Crippen LogP contribution in [0.1, 0.15) is 36.5 Å². The zero-order valence-corrected chi connectivity index (χ0v) is 21.6. The molecule has 3 aromatic carbocycles. The largest absolute Gasteiger partial charge is 0.324 e. The van der Waals surface area contributed by atoms with Crippen molar-refractivity contribution in [1.29, 1.82) is 0 Å². The van der Waals surface area contributed by atoms with Gasteiger partial charge in [0, 0.05) is 9.26 Å². The van der Waals surface area contributed by atoms with Crippen LogP contribution in [0, 0.1) is 17.4 Å². The second-order valence-electron chi connectivity index (χ2n) is 8.08. The van der Waals surface area contributed by atoms with Gasteiger partial charge in [0.1, 0.15) is 6.54 Å². The van der Waals surface area contributed by atoms with Crippen LogP contribution in [0.25, 0.3) is 0 Å². The number of sulfonamides is 1. The molecule has 0 unspecified atom stereocenters. The highest BCUT2D eigenvalue weighted by Gasteiger charge is 2.27. The maximum absolute atomic E-state index is 13.5. The number of carbonyl (C=O) groups is 1. The molecule has 0 spiro atoms. The number of halogens is 1. The monoisotopic (exact) mass is 562 g/mol. The van der Waals surface area contributed by atoms with Crippen LogP contribution in [0.4, 0.5) is 11.4 Å². The average Bonchev–Trinajstić information content (AvgIpc) is 2.74. The van der Waals surface area contributed by atoms with Gasteiger partial charge in [-0.1, -0.05) is 43.7 Å². The van der Waals surface area contributed by atoms with Gasteiger partial charge < -0.3 is 5.32 Å². The van der Waals surface area contributed by atoms with Crippen LogP contribution in [-0.4, -0.2) is 20.9 Å². The second kappa shape index (κ2) is 10.0. The summed E-state index contributed by atoms with van der Waals surface area (Å²) in [6.45, 7) is 7.63. The summed E-state index contributed by atoms with van der Waals surface area (Å²) in [7, 11) is -3.94. The predicted molar refractivity (Wildman–Crippen MR) is 139 cm³/mol. The quantitative estimate of drug-likeness (QED) is 0.367. The lowest BCUT2D eigenvalue weighted by Gasteiger charge is -2.25. The molecular weight excluding hydrogens is 535 g/mol. The molecule has 0 aliphatic heterocycles. The van der Waals surface area contributed by atoms with Gasteiger partial charge in [0.05, 0.1) is 10.6 Å². The van der Waals surface area contributed by atoms with E-state index in [0.717, 1.165) is 20.3 Å². The van der Waals surface area contributed by atoms with Gasteiger partial charge >= 0.3 is 0 Å². The maximum atomic E-state index is 13.5. The number of anilines is 2. The van der Waals surface area contributed by atoms with Crippen LogP contribution in [0.5, 0.6) is 0 Å². The number of benzene rings is 3. The van der Waals surface area contributed by atoms with Crippen molar-refractivity contribution in [2.75, 3.05) is 16.2 Å². The molecule has 1 amide bonds. The van der Waals surface area contributed by atoms with Crippen molar-refractivity contribution in [3.05, 3.63) is 87.0 Å². The maximum Gasteiger partial charge on any atom is 0.264 e. The molecule has 0 saturated carbocycles. The number of rotatable bonds is 7. The predicted octanol–water partition coefficient (Wildman–Crippen LogP) is 5.87. The van der Waals surface area contributed by atoms with Crippen molar-refractivity contribution >= 4 is 49.9 Å². The van der Waals surface area contributed by atoms with Crippen molar-refractivity contribution < 1.29 is 13.2 Å². The van der Waals surface area contributed by atoms with Gasteiger partial charge in [-0.3, -0.25) is 9.10 Å². The third-order valence-corrected chi connectivity index (χ3v) is 7.67. The van der Waals surface area contributed by atoms with E-state index in [9.17, 15) is 13.2 Å². The van der Waals surface area contributed by atoms with Crippen molar-refractivity contribution in [2.45, 2.75) is 38.5 Å². The molecule has 0 atom stereocenters. The lowest BCUT2D eigenvalue weighted by Crippen LogP contribution is -2.38. The van der Waals surface area contributed by atoms with Crippen LogP contribution < -0.4 is 9.62 Å². The Bertz CT molecular complexity index is 1200. The molecule has 32 heavy (non-hydrogen) atoms. The molecule has 0 fully saturated rings. The van der Waals surface area contributed by atoms with E-state index < -0.39 is 15.9 Å². The number of amides is 1. The molecule has 5 nitrogen and oxygen atoms in total. The van der Waals surface area contributed by atoms with Crippen LogP contribution in [0.15, 0.2) is 71.6 Å². The highest BCUT2D eigenvalue weighted by Crippen LogP contribution is 2.26. The van der Waals surface area contributed by atoms with Crippen molar-refractivity contribution in [2.24, 2.45) is 0 Å². The third-order valence-electron chi connectivity index (χ3n) is 5.21. The summed E-state index contributed by atoms with van der Waals surface area (Å²) in [6, 6.07) is 19.6. The molecular formula is C25H27IN2O3S. The number of aryl methyl sites for hydroxylation is 2. The molecule has 1 N–H and O–H groups in total. The van der Waals surface area contributed by atoms with E-state index in [-0.39, 0.29) is 11.4 Å². The standard InChI is InChI=1S/C25H27IN2O3S/c1-17(2)20-7-10-22(11-8-20)28(32(30,31)23-12-5-18(3)6-13-23)16-25(29)27-24-14-9-21(26)15-19(24)4/h5-15,17H,16H2,1-4H3,(H,27,29). The van der Waals surface area contributed by atoms with E-state index in [4.69, 9.17) is 0 Å². The van der Waals surface area contributed by atoms with Crippen molar-refractivity contribution in [1.82, 2.24) is 0 Å². The van der Waals surface area contributed by atoms with Gasteiger partial charge in [0.2, 0.25) is 5.91 Å². The van der Waals surface area contributed by atoms with Crippen LogP contribution in [0.3, 0.4) is 0 Å². The Morgan fingerprint density at radius 3 is 2.16 bits per heavy atom. The second-order valence-corrected chi connectivity index (χ2v) is 11.2. The summed E-state index contributed by atoms with van der Waals surface area (Å²) in [5, 5.41) is 2.85. The Morgan fingerprint density at radius 1 is 0.969 bits per heavy atom. The van der Waals surface area contributed by atoms with E-state index in [1.807, 2.05) is 44.2 Å². The summed E-state index contributed by atoms with van der Waals surface area (Å²) < 4.78 is 29.2. The number of carbonyl (C=O) groups excluding carboxylic acids is 1. The molecule has 3 aromatic rings. The summed E-state index contributed by atoms with van der Waals surface area (Å²) in [5.41, 5.74) is 4.09. The molecule has 0 radical (unpaired) electrons. The summed E-state index contributed by atoms with van der Waals surface area (Å²) in [5.74, 6) is -0.0868. The number of hydrogen-bond acceptors (Lipinski definition) is 3. The van der Waals surface area contributed by atoms with Gasteiger partial charge in [-0.05, 0) is 95.9 Å². The molecule has 3 rings (SSSR count). The lowest BCUT2D eigenvalue weighted by molar-refractivity contribution is -0.114. The molecule has 168 valence electrons. The van der Waals surface area contributed by atoms with Gasteiger partial charge in [0.15, 0.2) is 0 Å². The SMILES string of the molecule is Cc1ccc(S(=O)(=O)N(CC(=O)Nc2ccc(I)cc2C)c2ccc(C(C)C)cc2)cc1. The van der Waals surface area contributed by atoms with Gasteiger partial charge in [-0.25, -0.2) is 8.42 Å². The smallest absolute Gasteiger partial charge is 0.264 e. The summed E-state index contributed by atoms with van der Waals surface area (Å²) in [4.78, 5) is 13.1. The topological polar surface area (TPSA) is 66.5 Å². The fourth-order valence-electron chi connectivity index (χ4n) is 3.27. The third kappa shape index (κ3) is 5.69. The lowest BCUT2D eigenvalue weighted by atomic mass is 10.0. The Kier molecular flexibility index (Phi) is 7.61. The van der Waals surface area contributed by atoms with E-state index >= 15 is 0 Å². The summed E-state index contributed by atoms with van der Waals surface area (Å²) >= 11 is 2.21. The van der Waals surface area contributed by atoms with E-state index in [1.165, 1.54) is 4.31 Å². The first-order valence-corrected chi connectivity index (χ1v) is 12.8. The normalized spacial score (nSPS) is 11.4. The van der Waals surface area contributed by atoms with E-state index in [1.54, 1.807) is 36.4 Å². The number of nitrogens with zero attached hydrogens (tertiary/aromatic N) is 1. The fourth-order valence-corrected chi connectivity index (χ4v) is 5.33. The van der Waals surface area contributed by atoms with Crippen LogP contribution in [-0.2, 0) is 14.8 Å². The molecule has 0 aliphatic rings. The van der Waals surface area contributed by atoms with Crippen molar-refractivity contribution in [3.8, 4) is 0 Å². The first kappa shape index (κ1) is 24.3. The Morgan fingerprint density at radius 2 is 1.59 bits per heavy atom. The van der Waals surface area contributed by atoms with Gasteiger partial charge in [-0.15, -0.1) is 0 Å².